The Morgan fingerprint density at radius 2 is 1.36 bits per heavy atom. The summed E-state index contributed by atoms with van der Waals surface area (Å²) in [6.07, 6.45) is 0. The molecular formula is C25H16N2O9. The lowest BCUT2D eigenvalue weighted by Gasteiger charge is -2.12. The summed E-state index contributed by atoms with van der Waals surface area (Å²) in [6, 6.07) is 16.5. The number of rotatable bonds is 8. The quantitative estimate of drug-likeness (QED) is 0.116. The summed E-state index contributed by atoms with van der Waals surface area (Å²) in [7, 11) is 0. The van der Waals surface area contributed by atoms with E-state index >= 15 is 0 Å². The van der Waals surface area contributed by atoms with Crippen LogP contribution in [0.1, 0.15) is 41.4 Å². The van der Waals surface area contributed by atoms with Gasteiger partial charge >= 0.3 is 11.9 Å². The number of nitro benzene ring substituents is 1. The van der Waals surface area contributed by atoms with E-state index < -0.39 is 47.6 Å². The van der Waals surface area contributed by atoms with Crippen LogP contribution in [0, 0.1) is 10.1 Å². The van der Waals surface area contributed by atoms with Gasteiger partial charge in [-0.25, -0.2) is 4.79 Å². The molecule has 0 bridgehead atoms. The third kappa shape index (κ3) is 4.99. The number of Topliss-reactive ketones (excluding diaryl/α,β-unsaturated/α-hetero) is 1. The van der Waals surface area contributed by atoms with Crippen molar-refractivity contribution >= 4 is 35.2 Å². The molecular weight excluding hydrogens is 472 g/mol. The molecule has 3 aromatic carbocycles. The minimum absolute atomic E-state index is 0.103. The van der Waals surface area contributed by atoms with Crippen LogP contribution in [-0.2, 0) is 9.53 Å². The lowest BCUT2D eigenvalue weighted by atomic mass is 10.1. The van der Waals surface area contributed by atoms with Crippen LogP contribution in [0.5, 0.6) is 5.75 Å². The molecule has 0 spiro atoms. The topological polar surface area (TPSA) is 150 Å². The van der Waals surface area contributed by atoms with Gasteiger partial charge in [0, 0.05) is 17.7 Å². The van der Waals surface area contributed by atoms with Gasteiger partial charge in [0.2, 0.25) is 0 Å². The first-order valence-electron chi connectivity index (χ1n) is 10.5. The Labute approximate surface area is 203 Å². The highest BCUT2D eigenvalue weighted by Crippen LogP contribution is 2.22. The number of imide groups is 1. The van der Waals surface area contributed by atoms with Crippen molar-refractivity contribution in [3.8, 4) is 5.75 Å². The maximum Gasteiger partial charge on any atom is 0.343 e. The molecule has 11 nitrogen and oxygen atoms in total. The number of nitro groups is 1. The Morgan fingerprint density at radius 3 is 1.92 bits per heavy atom. The number of hydrogen-bond acceptors (Lipinski definition) is 9. The summed E-state index contributed by atoms with van der Waals surface area (Å²) in [5.74, 6) is -3.33. The summed E-state index contributed by atoms with van der Waals surface area (Å²) < 4.78 is 10.1. The minimum atomic E-state index is -0.925. The number of ketones is 1. The second-order valence-corrected chi connectivity index (χ2v) is 7.54. The number of nitrogens with zero attached hydrogens (tertiary/aromatic N) is 2. The molecule has 0 unspecified atom stereocenters. The highest BCUT2D eigenvalue weighted by Gasteiger charge is 2.36. The Hall–Kier alpha value is -5.19. The van der Waals surface area contributed by atoms with E-state index in [0.29, 0.717) is 0 Å². The van der Waals surface area contributed by atoms with E-state index in [1.54, 1.807) is 12.1 Å². The molecule has 11 heteroatoms. The van der Waals surface area contributed by atoms with Crippen LogP contribution in [0.2, 0.25) is 0 Å². The summed E-state index contributed by atoms with van der Waals surface area (Å²) in [5, 5.41) is 10.7. The maximum atomic E-state index is 12.3. The van der Waals surface area contributed by atoms with E-state index in [2.05, 4.69) is 0 Å². The van der Waals surface area contributed by atoms with Gasteiger partial charge in [0.1, 0.15) is 12.3 Å². The second kappa shape index (κ2) is 9.97. The normalized spacial score (nSPS) is 12.2. The van der Waals surface area contributed by atoms with Crippen LogP contribution < -0.4 is 4.74 Å². The lowest BCUT2D eigenvalue weighted by Crippen LogP contribution is -2.36. The van der Waals surface area contributed by atoms with Crippen LogP contribution in [-0.4, -0.2) is 52.5 Å². The molecule has 0 radical (unpaired) electrons. The number of hydrogen-bond donors (Lipinski definition) is 0. The van der Waals surface area contributed by atoms with Crippen molar-refractivity contribution in [2.75, 3.05) is 13.2 Å². The summed E-state index contributed by atoms with van der Waals surface area (Å²) in [6.45, 7) is -1.25. The standard InChI is InChI=1S/C25H16N2O9/c28-21(14-35-22(29)13-26-23(30)19-3-1-2-4-20(19)24(26)31)15-7-11-18(12-8-15)36-25(32)16-5-9-17(10-6-16)27(33)34/h1-12H,13-14H2. The van der Waals surface area contributed by atoms with Crippen molar-refractivity contribution in [2.24, 2.45) is 0 Å². The van der Waals surface area contributed by atoms with Gasteiger partial charge in [-0.15, -0.1) is 0 Å². The summed E-state index contributed by atoms with van der Waals surface area (Å²) in [4.78, 5) is 72.1. The van der Waals surface area contributed by atoms with E-state index in [1.807, 2.05) is 0 Å². The third-order valence-electron chi connectivity index (χ3n) is 5.23. The monoisotopic (exact) mass is 488 g/mol. The fraction of sp³-hybridized carbons (Fsp3) is 0.0800. The number of carbonyl (C=O) groups excluding carboxylic acids is 5. The molecule has 2 amide bonds. The molecule has 0 N–H and O–H groups in total. The smallest absolute Gasteiger partial charge is 0.343 e. The maximum absolute atomic E-state index is 12.3. The van der Waals surface area contributed by atoms with Crippen molar-refractivity contribution in [3.63, 3.8) is 0 Å². The molecule has 1 heterocycles. The van der Waals surface area contributed by atoms with Gasteiger partial charge in [0.25, 0.3) is 17.5 Å². The number of carbonyl (C=O) groups is 5. The average molecular weight is 488 g/mol. The van der Waals surface area contributed by atoms with Crippen molar-refractivity contribution < 1.29 is 38.4 Å². The van der Waals surface area contributed by atoms with Crippen LogP contribution >= 0.6 is 0 Å². The largest absolute Gasteiger partial charge is 0.456 e. The van der Waals surface area contributed by atoms with Crippen molar-refractivity contribution in [1.29, 1.82) is 0 Å². The molecule has 180 valence electrons. The molecule has 1 aliphatic rings. The van der Waals surface area contributed by atoms with Crippen molar-refractivity contribution in [3.05, 3.63) is 105 Å². The number of amides is 2. The zero-order chi connectivity index (χ0) is 25.8. The molecule has 0 saturated heterocycles. The van der Waals surface area contributed by atoms with E-state index in [1.165, 1.54) is 60.7 Å². The zero-order valence-corrected chi connectivity index (χ0v) is 18.4. The Morgan fingerprint density at radius 1 is 0.806 bits per heavy atom. The Balaban J connectivity index is 1.28. The molecule has 0 aromatic heterocycles. The van der Waals surface area contributed by atoms with Gasteiger partial charge in [0.15, 0.2) is 12.4 Å². The predicted molar refractivity (Wildman–Crippen MR) is 122 cm³/mol. The molecule has 0 saturated carbocycles. The van der Waals surface area contributed by atoms with Crippen LogP contribution in [0.25, 0.3) is 0 Å². The molecule has 4 rings (SSSR count). The molecule has 3 aromatic rings. The Kier molecular flexibility index (Phi) is 6.63. The summed E-state index contributed by atoms with van der Waals surface area (Å²) in [5.41, 5.74) is 0.490. The molecule has 36 heavy (non-hydrogen) atoms. The van der Waals surface area contributed by atoms with Crippen LogP contribution in [0.4, 0.5) is 5.69 Å². The first-order valence-corrected chi connectivity index (χ1v) is 10.5. The second-order valence-electron chi connectivity index (χ2n) is 7.54. The highest BCUT2D eigenvalue weighted by atomic mass is 16.6. The SMILES string of the molecule is O=C(CN1C(=O)c2ccccc2C1=O)OCC(=O)c1ccc(OC(=O)c2ccc([N+](=O)[O-])cc2)cc1. The zero-order valence-electron chi connectivity index (χ0n) is 18.4. The van der Waals surface area contributed by atoms with Gasteiger partial charge in [-0.05, 0) is 48.5 Å². The van der Waals surface area contributed by atoms with E-state index in [0.717, 1.165) is 4.90 Å². The van der Waals surface area contributed by atoms with Gasteiger partial charge in [0.05, 0.1) is 21.6 Å². The van der Waals surface area contributed by atoms with Crippen molar-refractivity contribution in [2.45, 2.75) is 0 Å². The predicted octanol–water partition coefficient (Wildman–Crippen LogP) is 2.84. The molecule has 1 aliphatic heterocycles. The van der Waals surface area contributed by atoms with E-state index in [-0.39, 0.29) is 33.7 Å². The highest BCUT2D eigenvalue weighted by molar-refractivity contribution is 6.22. The minimum Gasteiger partial charge on any atom is -0.456 e. The Bertz CT molecular complexity index is 1360. The number of esters is 2. The lowest BCUT2D eigenvalue weighted by molar-refractivity contribution is -0.384. The van der Waals surface area contributed by atoms with E-state index in [4.69, 9.17) is 9.47 Å². The van der Waals surface area contributed by atoms with Gasteiger partial charge in [-0.3, -0.25) is 34.2 Å². The fourth-order valence-electron chi connectivity index (χ4n) is 3.38. The fourth-order valence-corrected chi connectivity index (χ4v) is 3.38. The number of fused-ring (bicyclic) bond motifs is 1. The van der Waals surface area contributed by atoms with Gasteiger partial charge < -0.3 is 9.47 Å². The first kappa shape index (κ1) is 24.0. The molecule has 0 fully saturated rings. The number of benzene rings is 3. The third-order valence-corrected chi connectivity index (χ3v) is 5.23. The number of ether oxygens (including phenoxy) is 2. The van der Waals surface area contributed by atoms with Crippen molar-refractivity contribution in [1.82, 2.24) is 4.90 Å². The summed E-state index contributed by atoms with van der Waals surface area (Å²) >= 11 is 0. The molecule has 0 aliphatic carbocycles. The average Bonchev–Trinajstić information content (AvgIpc) is 3.12. The first-order chi connectivity index (χ1) is 17.2. The van der Waals surface area contributed by atoms with Crippen LogP contribution in [0.3, 0.4) is 0 Å². The van der Waals surface area contributed by atoms with Gasteiger partial charge in [-0.2, -0.15) is 0 Å². The molecule has 0 atom stereocenters. The van der Waals surface area contributed by atoms with Gasteiger partial charge in [-0.1, -0.05) is 12.1 Å². The van der Waals surface area contributed by atoms with E-state index in [9.17, 15) is 34.1 Å². The van der Waals surface area contributed by atoms with Crippen LogP contribution in [0.15, 0.2) is 72.8 Å². The number of non-ortho nitro benzene ring substituents is 1.